The van der Waals surface area contributed by atoms with Crippen molar-refractivity contribution in [2.24, 2.45) is 11.7 Å². The van der Waals surface area contributed by atoms with Gasteiger partial charge in [-0.3, -0.25) is 16.5 Å². The van der Waals surface area contributed by atoms with Gasteiger partial charge in [0, 0.05) is 23.6 Å². The van der Waals surface area contributed by atoms with Gasteiger partial charge in [0.25, 0.3) is 5.91 Å². The molecule has 2 aromatic heterocycles. The van der Waals surface area contributed by atoms with Crippen LogP contribution in [0.15, 0.2) is 46.5 Å². The maximum Gasteiger partial charge on any atom is 0.273 e. The molecule has 3 rings (SSSR count). The third-order valence-corrected chi connectivity index (χ3v) is 4.20. The molecule has 1 saturated carbocycles. The number of rotatable bonds is 7. The number of nitrogens with one attached hydrogen (secondary N) is 1. The van der Waals surface area contributed by atoms with Gasteiger partial charge in [-0.15, -0.1) is 0 Å². The normalized spacial score (nSPS) is 19.6. The molecule has 1 fully saturated rings. The first-order valence-corrected chi connectivity index (χ1v) is 8.59. The number of nitrogens with two attached hydrogens (primary N) is 2. The van der Waals surface area contributed by atoms with Gasteiger partial charge in [0.15, 0.2) is 17.3 Å². The van der Waals surface area contributed by atoms with E-state index < -0.39 is 6.10 Å². The van der Waals surface area contributed by atoms with E-state index in [1.165, 1.54) is 0 Å². The van der Waals surface area contributed by atoms with Crippen LogP contribution in [-0.2, 0) is 0 Å². The molecule has 1 aliphatic rings. The van der Waals surface area contributed by atoms with E-state index in [9.17, 15) is 9.90 Å². The number of carbonyl (C=O) groups is 1. The lowest BCUT2D eigenvalue weighted by Crippen LogP contribution is -2.43. The molecule has 0 aromatic carbocycles. The SMILES string of the molecule is C=C/C=C(\C=C)c1cc(C(=O)NC2CC(c3nc(C(C)O)no3)C2)no1.NN. The van der Waals surface area contributed by atoms with E-state index in [2.05, 4.69) is 45.5 Å². The third-order valence-electron chi connectivity index (χ3n) is 4.20. The first-order valence-electron chi connectivity index (χ1n) is 8.59. The summed E-state index contributed by atoms with van der Waals surface area (Å²) in [6, 6.07) is 1.56. The van der Waals surface area contributed by atoms with Crippen LogP contribution in [-0.4, -0.2) is 32.4 Å². The molecule has 10 heteroatoms. The molecule has 1 atom stereocenters. The molecule has 150 valence electrons. The van der Waals surface area contributed by atoms with Crippen molar-refractivity contribution in [2.75, 3.05) is 0 Å². The fourth-order valence-electron chi connectivity index (χ4n) is 2.68. The number of carbonyl (C=O) groups excluding carboxylic acids is 1. The third kappa shape index (κ3) is 4.80. The van der Waals surface area contributed by atoms with Crippen LogP contribution in [0, 0.1) is 0 Å². The lowest BCUT2D eigenvalue weighted by atomic mass is 9.80. The summed E-state index contributed by atoms with van der Waals surface area (Å²) in [4.78, 5) is 16.4. The van der Waals surface area contributed by atoms with Gasteiger partial charge in [-0.25, -0.2) is 0 Å². The fraction of sp³-hybridized carbons (Fsp3) is 0.333. The highest BCUT2D eigenvalue weighted by molar-refractivity contribution is 5.93. The Morgan fingerprint density at radius 3 is 2.64 bits per heavy atom. The molecule has 28 heavy (non-hydrogen) atoms. The van der Waals surface area contributed by atoms with E-state index in [4.69, 9.17) is 9.05 Å². The lowest BCUT2D eigenvalue weighted by molar-refractivity contribution is 0.0892. The largest absolute Gasteiger partial charge is 0.385 e. The second-order valence-electron chi connectivity index (χ2n) is 6.14. The zero-order chi connectivity index (χ0) is 20.7. The van der Waals surface area contributed by atoms with E-state index in [1.807, 2.05) is 0 Å². The minimum atomic E-state index is -0.764. The minimum absolute atomic E-state index is 0.00265. The van der Waals surface area contributed by atoms with E-state index in [1.54, 1.807) is 31.2 Å². The monoisotopic (exact) mass is 388 g/mol. The summed E-state index contributed by atoms with van der Waals surface area (Å²) in [5.74, 6) is 8.98. The van der Waals surface area contributed by atoms with Crippen LogP contribution in [0.4, 0.5) is 0 Å². The van der Waals surface area contributed by atoms with Gasteiger partial charge in [-0.2, -0.15) is 4.98 Å². The first kappa shape index (κ1) is 21.2. The van der Waals surface area contributed by atoms with Crippen LogP contribution in [0.1, 0.15) is 59.8 Å². The van der Waals surface area contributed by atoms with Crippen molar-refractivity contribution in [1.29, 1.82) is 0 Å². The van der Waals surface area contributed by atoms with Gasteiger partial charge in [-0.1, -0.05) is 41.7 Å². The van der Waals surface area contributed by atoms with Gasteiger partial charge >= 0.3 is 0 Å². The second-order valence-corrected chi connectivity index (χ2v) is 6.14. The smallest absolute Gasteiger partial charge is 0.273 e. The van der Waals surface area contributed by atoms with E-state index in [0.717, 1.165) is 0 Å². The highest BCUT2D eigenvalue weighted by Gasteiger charge is 2.36. The summed E-state index contributed by atoms with van der Waals surface area (Å²) in [5.41, 5.74) is 0.898. The van der Waals surface area contributed by atoms with Crippen LogP contribution < -0.4 is 17.0 Å². The number of aliphatic hydroxyl groups is 1. The number of nitrogens with zero attached hydrogens (tertiary/aromatic N) is 3. The van der Waals surface area contributed by atoms with E-state index >= 15 is 0 Å². The van der Waals surface area contributed by atoms with Gasteiger partial charge in [0.2, 0.25) is 5.89 Å². The van der Waals surface area contributed by atoms with Gasteiger partial charge < -0.3 is 19.5 Å². The van der Waals surface area contributed by atoms with Crippen LogP contribution in [0.5, 0.6) is 0 Å². The molecule has 0 aliphatic heterocycles. The van der Waals surface area contributed by atoms with Crippen LogP contribution in [0.2, 0.25) is 0 Å². The van der Waals surface area contributed by atoms with E-state index in [-0.39, 0.29) is 29.4 Å². The number of hydrogen-bond acceptors (Lipinski definition) is 9. The van der Waals surface area contributed by atoms with Crippen LogP contribution in [0.25, 0.3) is 5.57 Å². The number of hydrogen-bond donors (Lipinski definition) is 4. The zero-order valence-corrected chi connectivity index (χ0v) is 15.5. The molecule has 1 amide bonds. The summed E-state index contributed by atoms with van der Waals surface area (Å²) in [6.45, 7) is 8.89. The standard InChI is InChI=1S/C18H20N4O4.H4N2/c1-4-6-11(5-2)15-9-14(21-25-15)17(24)19-13-7-12(8-13)18-20-16(10(3)23)22-26-18;1-2/h4-6,9-10,12-13,23H,1-2,7-8H2,3H3,(H,19,24);1-2H2/b11-6+;. The van der Waals surface area contributed by atoms with Crippen molar-refractivity contribution in [1.82, 2.24) is 20.6 Å². The quantitative estimate of drug-likeness (QED) is 0.311. The molecule has 1 aliphatic carbocycles. The van der Waals surface area contributed by atoms with Crippen molar-refractivity contribution >= 4 is 11.5 Å². The molecule has 1 unspecified atom stereocenters. The summed E-state index contributed by atoms with van der Waals surface area (Å²) in [5, 5.41) is 19.9. The summed E-state index contributed by atoms with van der Waals surface area (Å²) in [6.07, 6.45) is 5.54. The Bertz CT molecular complexity index is 848. The predicted molar refractivity (Wildman–Crippen MR) is 101 cm³/mol. The second kappa shape index (κ2) is 9.74. The highest BCUT2D eigenvalue weighted by Crippen LogP contribution is 2.36. The van der Waals surface area contributed by atoms with Gasteiger partial charge in [0.05, 0.1) is 0 Å². The molecular formula is C18H24N6O4. The number of allylic oxidation sites excluding steroid dienone is 4. The average Bonchev–Trinajstić information content (AvgIpc) is 3.33. The van der Waals surface area contributed by atoms with Crippen LogP contribution >= 0.6 is 0 Å². The number of hydrazine groups is 1. The molecule has 6 N–H and O–H groups in total. The maximum absolute atomic E-state index is 12.3. The summed E-state index contributed by atoms with van der Waals surface area (Å²) >= 11 is 0. The van der Waals surface area contributed by atoms with Crippen molar-refractivity contribution in [2.45, 2.75) is 37.8 Å². The Labute approximate surface area is 161 Å². The molecular weight excluding hydrogens is 364 g/mol. The van der Waals surface area contributed by atoms with Crippen molar-refractivity contribution in [3.63, 3.8) is 0 Å². The first-order chi connectivity index (χ1) is 13.5. The Kier molecular flexibility index (Phi) is 7.38. The lowest BCUT2D eigenvalue weighted by Gasteiger charge is -2.33. The van der Waals surface area contributed by atoms with Crippen LogP contribution in [0.3, 0.4) is 0 Å². The summed E-state index contributed by atoms with van der Waals surface area (Å²) in [7, 11) is 0. The van der Waals surface area contributed by atoms with Crippen molar-refractivity contribution in [3.05, 3.63) is 60.6 Å². The van der Waals surface area contributed by atoms with Gasteiger partial charge in [0.1, 0.15) is 6.10 Å². The number of aromatic nitrogens is 3. The molecule has 0 bridgehead atoms. The molecule has 0 radical (unpaired) electrons. The maximum atomic E-state index is 12.3. The Morgan fingerprint density at radius 1 is 1.36 bits per heavy atom. The topological polar surface area (TPSA) is 166 Å². The Balaban J connectivity index is 0.00000136. The molecule has 2 heterocycles. The van der Waals surface area contributed by atoms with E-state index in [0.29, 0.717) is 30.1 Å². The van der Waals surface area contributed by atoms with Crippen molar-refractivity contribution in [3.8, 4) is 0 Å². The minimum Gasteiger partial charge on any atom is -0.385 e. The Hall–Kier alpha value is -3.08. The molecule has 0 saturated heterocycles. The molecule has 0 spiro atoms. The average molecular weight is 388 g/mol. The molecule has 10 nitrogen and oxygen atoms in total. The predicted octanol–water partition coefficient (Wildman–Crippen LogP) is 1.36. The number of amides is 1. The summed E-state index contributed by atoms with van der Waals surface area (Å²) < 4.78 is 10.3. The van der Waals surface area contributed by atoms with Crippen molar-refractivity contribution < 1.29 is 18.9 Å². The number of aliphatic hydroxyl groups excluding tert-OH is 1. The molecule has 2 aromatic rings. The Morgan fingerprint density at radius 2 is 2.07 bits per heavy atom. The highest BCUT2D eigenvalue weighted by atomic mass is 16.5. The van der Waals surface area contributed by atoms with Gasteiger partial charge in [-0.05, 0) is 19.8 Å². The zero-order valence-electron chi connectivity index (χ0n) is 15.5. The fourth-order valence-corrected chi connectivity index (χ4v) is 2.68.